The van der Waals surface area contributed by atoms with E-state index in [1.54, 1.807) is 0 Å². The van der Waals surface area contributed by atoms with Gasteiger partial charge in [0.2, 0.25) is 0 Å². The zero-order chi connectivity index (χ0) is 19.7. The molecule has 0 aliphatic carbocycles. The fourth-order valence-corrected chi connectivity index (χ4v) is 2.47. The molecule has 0 bridgehead atoms. The van der Waals surface area contributed by atoms with E-state index in [0.29, 0.717) is 26.4 Å². The topological polar surface area (TPSA) is 46.2 Å². The molecule has 0 aromatic rings. The smallest absolute Gasteiger partial charge is 0.0701 e. The average Bonchev–Trinajstić information content (AvgIpc) is 2.68. The van der Waals surface area contributed by atoms with E-state index in [-0.39, 0.29) is 0 Å². The minimum atomic E-state index is 0.635. The Morgan fingerprint density at radius 3 is 1.11 bits per heavy atom. The Balaban J connectivity index is 2.95. The molecule has 0 N–H and O–H groups in total. The molecule has 0 heterocycles. The lowest BCUT2D eigenvalue weighted by atomic mass is 10.2. The van der Waals surface area contributed by atoms with Crippen molar-refractivity contribution >= 4 is 0 Å². The summed E-state index contributed by atoms with van der Waals surface area (Å²) >= 11 is 0. The van der Waals surface area contributed by atoms with Gasteiger partial charge in [-0.25, -0.2) is 0 Å². The first-order valence-electron chi connectivity index (χ1n) is 11.3. The highest BCUT2D eigenvalue weighted by atomic mass is 16.5. The zero-order valence-electron chi connectivity index (χ0n) is 18.2. The molecule has 5 nitrogen and oxygen atoms in total. The minimum Gasteiger partial charge on any atom is -0.381 e. The van der Waals surface area contributed by atoms with Gasteiger partial charge in [0.1, 0.15) is 0 Å². The van der Waals surface area contributed by atoms with Crippen molar-refractivity contribution in [3.8, 4) is 0 Å². The molecule has 0 atom stereocenters. The van der Waals surface area contributed by atoms with Gasteiger partial charge in [-0.1, -0.05) is 39.5 Å². The van der Waals surface area contributed by atoms with E-state index >= 15 is 0 Å². The molecule has 0 aliphatic heterocycles. The number of ether oxygens (including phenoxy) is 5. The maximum Gasteiger partial charge on any atom is 0.0701 e. The summed E-state index contributed by atoms with van der Waals surface area (Å²) in [5, 5.41) is 0. The molecule has 0 saturated heterocycles. The summed E-state index contributed by atoms with van der Waals surface area (Å²) < 4.78 is 27.7. The van der Waals surface area contributed by atoms with E-state index in [4.69, 9.17) is 23.7 Å². The number of hydrogen-bond donors (Lipinski definition) is 0. The second-order valence-corrected chi connectivity index (χ2v) is 6.89. The summed E-state index contributed by atoms with van der Waals surface area (Å²) in [7, 11) is 0. The highest BCUT2D eigenvalue weighted by Crippen LogP contribution is 2.01. The fraction of sp³-hybridized carbons (Fsp3) is 1.00. The Hall–Kier alpha value is -0.200. The second kappa shape index (κ2) is 25.8. The predicted molar refractivity (Wildman–Crippen MR) is 112 cm³/mol. The van der Waals surface area contributed by atoms with Crippen molar-refractivity contribution < 1.29 is 23.7 Å². The van der Waals surface area contributed by atoms with Crippen LogP contribution in [0, 0.1) is 0 Å². The molecule has 0 fully saturated rings. The van der Waals surface area contributed by atoms with Crippen molar-refractivity contribution in [3.05, 3.63) is 0 Å². The van der Waals surface area contributed by atoms with Crippen LogP contribution in [0.4, 0.5) is 0 Å². The first-order chi connectivity index (χ1) is 13.4. The number of rotatable bonds is 24. The lowest BCUT2D eigenvalue weighted by molar-refractivity contribution is 0.00898. The summed E-state index contributed by atoms with van der Waals surface area (Å²) in [6.07, 6.45) is 11.8. The van der Waals surface area contributed by atoms with Crippen LogP contribution >= 0.6 is 0 Å². The molecule has 0 unspecified atom stereocenters. The summed E-state index contributed by atoms with van der Waals surface area (Å²) in [4.78, 5) is 0. The van der Waals surface area contributed by atoms with Crippen LogP contribution in [-0.4, -0.2) is 66.1 Å². The Morgan fingerprint density at radius 2 is 0.630 bits per heavy atom. The van der Waals surface area contributed by atoms with E-state index < -0.39 is 0 Å². The fourth-order valence-electron chi connectivity index (χ4n) is 2.47. The summed E-state index contributed by atoms with van der Waals surface area (Å²) in [6.45, 7) is 12.0. The van der Waals surface area contributed by atoms with Gasteiger partial charge in [0, 0.05) is 39.6 Å². The molecule has 0 saturated carbocycles. The third-order valence-electron chi connectivity index (χ3n) is 4.18. The Labute approximate surface area is 168 Å². The van der Waals surface area contributed by atoms with E-state index in [1.165, 1.54) is 38.5 Å². The predicted octanol–water partition coefficient (Wildman–Crippen LogP) is 5.01. The lowest BCUT2D eigenvalue weighted by Gasteiger charge is -2.07. The highest BCUT2D eigenvalue weighted by Gasteiger charge is 1.95. The SMILES string of the molecule is CCCCCCOCCCCCOCCOCCOCCCOCCCC. The van der Waals surface area contributed by atoms with Crippen LogP contribution in [0.3, 0.4) is 0 Å². The first kappa shape index (κ1) is 26.8. The molecule has 164 valence electrons. The van der Waals surface area contributed by atoms with Gasteiger partial charge in [0.25, 0.3) is 0 Å². The standard InChI is InChI=1S/C22H46O5/c1-3-5-7-9-14-24-15-10-8-11-16-25-19-21-27-22-20-26-18-12-17-23-13-6-4-2/h3-22H2,1-2H3. The summed E-state index contributed by atoms with van der Waals surface area (Å²) in [5.41, 5.74) is 0. The van der Waals surface area contributed by atoms with Gasteiger partial charge in [-0.05, 0) is 38.5 Å². The van der Waals surface area contributed by atoms with E-state index in [9.17, 15) is 0 Å². The summed E-state index contributed by atoms with van der Waals surface area (Å²) in [5.74, 6) is 0. The molecule has 27 heavy (non-hydrogen) atoms. The first-order valence-corrected chi connectivity index (χ1v) is 11.3. The van der Waals surface area contributed by atoms with Gasteiger partial charge in [-0.15, -0.1) is 0 Å². The molecule has 0 radical (unpaired) electrons. The highest BCUT2D eigenvalue weighted by molar-refractivity contribution is 4.43. The van der Waals surface area contributed by atoms with Crippen LogP contribution in [0.25, 0.3) is 0 Å². The van der Waals surface area contributed by atoms with Crippen molar-refractivity contribution in [2.75, 3.05) is 66.1 Å². The molecule has 0 spiro atoms. The minimum absolute atomic E-state index is 0.635. The number of hydrogen-bond acceptors (Lipinski definition) is 5. The second-order valence-electron chi connectivity index (χ2n) is 6.89. The molecule has 0 aromatic carbocycles. The average molecular weight is 391 g/mol. The van der Waals surface area contributed by atoms with Gasteiger partial charge in [0.05, 0.1) is 26.4 Å². The van der Waals surface area contributed by atoms with Crippen molar-refractivity contribution in [3.63, 3.8) is 0 Å². The van der Waals surface area contributed by atoms with Crippen LogP contribution in [0.15, 0.2) is 0 Å². The van der Waals surface area contributed by atoms with Crippen LogP contribution < -0.4 is 0 Å². The van der Waals surface area contributed by atoms with Crippen LogP contribution in [0.2, 0.25) is 0 Å². The van der Waals surface area contributed by atoms with Gasteiger partial charge in [-0.3, -0.25) is 0 Å². The molecular formula is C22H46O5. The number of unbranched alkanes of at least 4 members (excludes halogenated alkanes) is 6. The largest absolute Gasteiger partial charge is 0.381 e. The molecule has 0 amide bonds. The van der Waals surface area contributed by atoms with E-state index in [1.807, 2.05) is 0 Å². The van der Waals surface area contributed by atoms with Gasteiger partial charge in [-0.2, -0.15) is 0 Å². The third-order valence-corrected chi connectivity index (χ3v) is 4.18. The van der Waals surface area contributed by atoms with E-state index in [0.717, 1.165) is 65.3 Å². The van der Waals surface area contributed by atoms with Gasteiger partial charge < -0.3 is 23.7 Å². The van der Waals surface area contributed by atoms with Crippen molar-refractivity contribution in [1.29, 1.82) is 0 Å². The maximum atomic E-state index is 5.63. The Kier molecular flexibility index (Phi) is 25.6. The summed E-state index contributed by atoms with van der Waals surface area (Å²) in [6, 6.07) is 0. The Bertz CT molecular complexity index is 227. The van der Waals surface area contributed by atoms with Crippen molar-refractivity contribution in [2.24, 2.45) is 0 Å². The molecule has 5 heteroatoms. The van der Waals surface area contributed by atoms with Crippen LogP contribution in [-0.2, 0) is 23.7 Å². The maximum absolute atomic E-state index is 5.63. The van der Waals surface area contributed by atoms with Gasteiger partial charge in [0.15, 0.2) is 0 Å². The van der Waals surface area contributed by atoms with Crippen molar-refractivity contribution in [2.45, 2.75) is 78.1 Å². The normalized spacial score (nSPS) is 11.3. The zero-order valence-corrected chi connectivity index (χ0v) is 18.2. The van der Waals surface area contributed by atoms with Crippen LogP contribution in [0.1, 0.15) is 78.1 Å². The monoisotopic (exact) mass is 390 g/mol. The van der Waals surface area contributed by atoms with Gasteiger partial charge >= 0.3 is 0 Å². The third kappa shape index (κ3) is 25.8. The van der Waals surface area contributed by atoms with Crippen LogP contribution in [0.5, 0.6) is 0 Å². The van der Waals surface area contributed by atoms with Crippen molar-refractivity contribution in [1.82, 2.24) is 0 Å². The Morgan fingerprint density at radius 1 is 0.296 bits per heavy atom. The van der Waals surface area contributed by atoms with E-state index in [2.05, 4.69) is 13.8 Å². The molecule has 0 aromatic heterocycles. The quantitative estimate of drug-likeness (QED) is 0.217. The lowest BCUT2D eigenvalue weighted by Crippen LogP contribution is -2.11. The molecule has 0 rings (SSSR count). The molecule has 0 aliphatic rings. The molecular weight excluding hydrogens is 344 g/mol.